The molecule has 0 aromatic carbocycles. The van der Waals surface area contributed by atoms with Gasteiger partial charge in [0.05, 0.1) is 25.0 Å². The highest BCUT2D eigenvalue weighted by Crippen LogP contribution is 2.26. The Morgan fingerprint density at radius 2 is 2.09 bits per heavy atom. The first-order valence-electron chi connectivity index (χ1n) is 11.5. The van der Waals surface area contributed by atoms with Crippen molar-refractivity contribution in [2.45, 2.75) is 43.0 Å². The summed E-state index contributed by atoms with van der Waals surface area (Å²) >= 11 is 0. The summed E-state index contributed by atoms with van der Waals surface area (Å²) in [7, 11) is -0.540. The molecule has 35 heavy (non-hydrogen) atoms. The van der Waals surface area contributed by atoms with Crippen molar-refractivity contribution in [1.82, 2.24) is 19.7 Å². The molecule has 10 nitrogen and oxygen atoms in total. The Hall–Kier alpha value is -3.47. The number of carbonyl (C=O) groups is 1. The number of rotatable bonds is 10. The molecule has 3 aromatic heterocycles. The third-order valence-electron chi connectivity index (χ3n) is 6.10. The van der Waals surface area contributed by atoms with Crippen molar-refractivity contribution in [3.8, 4) is 5.88 Å². The molecule has 0 bridgehead atoms. The quantitative estimate of drug-likeness (QED) is 0.431. The Morgan fingerprint density at radius 1 is 1.26 bits per heavy atom. The van der Waals surface area contributed by atoms with Crippen molar-refractivity contribution < 1.29 is 23.1 Å². The maximum atomic E-state index is 13.1. The number of hydrogen-bond donors (Lipinski definition) is 2. The number of pyridine rings is 2. The maximum Gasteiger partial charge on any atom is 0.303 e. The zero-order valence-corrected chi connectivity index (χ0v) is 20.6. The molecule has 1 aliphatic rings. The minimum Gasteiger partial charge on any atom is -0.481 e. The summed E-state index contributed by atoms with van der Waals surface area (Å²) in [5.74, 6) is -0.200. The third kappa shape index (κ3) is 5.97. The summed E-state index contributed by atoms with van der Waals surface area (Å²) < 4.78 is 32.6. The van der Waals surface area contributed by atoms with Gasteiger partial charge in [0.2, 0.25) is 5.88 Å². The molecule has 186 valence electrons. The molecule has 0 amide bonds. The lowest BCUT2D eigenvalue weighted by Gasteiger charge is -2.17. The maximum absolute atomic E-state index is 13.1. The van der Waals surface area contributed by atoms with Crippen LogP contribution < -0.4 is 10.1 Å². The van der Waals surface area contributed by atoms with Crippen LogP contribution in [-0.4, -0.2) is 58.6 Å². The highest BCUT2D eigenvalue weighted by atomic mass is 32.2. The van der Waals surface area contributed by atoms with Crippen LogP contribution in [0.4, 0.5) is 5.82 Å². The van der Waals surface area contributed by atoms with Crippen LogP contribution in [0, 0.1) is 0 Å². The van der Waals surface area contributed by atoms with Crippen LogP contribution in [0.1, 0.15) is 41.3 Å². The Kier molecular flexibility index (Phi) is 7.34. The number of nitrogens with one attached hydrogen (secondary N) is 1. The average Bonchev–Trinajstić information content (AvgIpc) is 3.23. The largest absolute Gasteiger partial charge is 0.481 e. The fourth-order valence-electron chi connectivity index (χ4n) is 4.27. The minimum absolute atomic E-state index is 0.0985. The number of aliphatic carboxylic acids is 1. The molecule has 2 N–H and O–H groups in total. The van der Waals surface area contributed by atoms with Crippen LogP contribution in [0.15, 0.2) is 41.6 Å². The lowest BCUT2D eigenvalue weighted by Crippen LogP contribution is -2.16. The van der Waals surface area contributed by atoms with Gasteiger partial charge in [-0.1, -0.05) is 12.1 Å². The third-order valence-corrected chi connectivity index (χ3v) is 7.86. The number of methoxy groups -OCH3 is 1. The molecule has 3 aromatic rings. The molecule has 0 saturated heterocycles. The smallest absolute Gasteiger partial charge is 0.303 e. The van der Waals surface area contributed by atoms with Crippen molar-refractivity contribution in [2.24, 2.45) is 7.05 Å². The summed E-state index contributed by atoms with van der Waals surface area (Å²) in [6, 6.07) is 8.86. The molecular formula is C24H29N5O5S. The molecule has 0 saturated carbocycles. The first-order chi connectivity index (χ1) is 16.7. The number of fused-ring (bicyclic) bond motifs is 1. The monoisotopic (exact) mass is 499 g/mol. The van der Waals surface area contributed by atoms with Gasteiger partial charge in [-0.2, -0.15) is 5.10 Å². The number of carboxylic acids is 1. The Morgan fingerprint density at radius 3 is 2.80 bits per heavy atom. The van der Waals surface area contributed by atoms with E-state index < -0.39 is 21.7 Å². The lowest BCUT2D eigenvalue weighted by molar-refractivity contribution is -0.137. The second-order valence-electron chi connectivity index (χ2n) is 8.64. The zero-order chi connectivity index (χ0) is 25.0. The molecule has 0 aliphatic carbocycles. The van der Waals surface area contributed by atoms with Gasteiger partial charge in [-0.05, 0) is 42.5 Å². The second kappa shape index (κ2) is 10.4. The molecule has 1 aliphatic heterocycles. The van der Waals surface area contributed by atoms with E-state index in [0.717, 1.165) is 42.0 Å². The summed E-state index contributed by atoms with van der Waals surface area (Å²) in [6.45, 7) is 0.870. The van der Waals surface area contributed by atoms with Crippen LogP contribution in [0.5, 0.6) is 5.88 Å². The van der Waals surface area contributed by atoms with Gasteiger partial charge in [0, 0.05) is 43.9 Å². The SMILES string of the molecule is COc1ccc(C(CC(=O)O)Cc2cc(S(=O)(=O)CCc3ccc4c(n3)NCCC4)n(C)n2)cn1. The molecule has 1 unspecified atom stereocenters. The van der Waals surface area contributed by atoms with Gasteiger partial charge in [0.15, 0.2) is 14.9 Å². The van der Waals surface area contributed by atoms with Crippen molar-refractivity contribution in [1.29, 1.82) is 0 Å². The van der Waals surface area contributed by atoms with E-state index in [1.54, 1.807) is 25.4 Å². The normalized spacial score (nSPS) is 14.1. The van der Waals surface area contributed by atoms with Crippen molar-refractivity contribution in [3.63, 3.8) is 0 Å². The predicted molar refractivity (Wildman–Crippen MR) is 129 cm³/mol. The number of carboxylic acid groups (broad SMARTS) is 1. The minimum atomic E-state index is -3.63. The van der Waals surface area contributed by atoms with Gasteiger partial charge in [-0.15, -0.1) is 0 Å². The van der Waals surface area contributed by atoms with Gasteiger partial charge in [-0.3, -0.25) is 9.48 Å². The van der Waals surface area contributed by atoms with Crippen LogP contribution >= 0.6 is 0 Å². The van der Waals surface area contributed by atoms with Gasteiger partial charge < -0.3 is 15.2 Å². The van der Waals surface area contributed by atoms with E-state index in [9.17, 15) is 18.3 Å². The average molecular weight is 500 g/mol. The second-order valence-corrected chi connectivity index (χ2v) is 10.7. The van der Waals surface area contributed by atoms with Gasteiger partial charge >= 0.3 is 5.97 Å². The van der Waals surface area contributed by atoms with Crippen LogP contribution in [-0.2, 0) is 40.9 Å². The first kappa shape index (κ1) is 24.6. The van der Waals surface area contributed by atoms with Crippen molar-refractivity contribution >= 4 is 21.6 Å². The van der Waals surface area contributed by atoms with Gasteiger partial charge in [-0.25, -0.2) is 18.4 Å². The zero-order valence-electron chi connectivity index (χ0n) is 19.8. The molecule has 0 spiro atoms. The Balaban J connectivity index is 1.49. The van der Waals surface area contributed by atoms with Crippen LogP contribution in [0.2, 0.25) is 0 Å². The molecule has 0 fully saturated rings. The number of sulfone groups is 1. The predicted octanol–water partition coefficient (Wildman–Crippen LogP) is 2.39. The van der Waals surface area contributed by atoms with Gasteiger partial charge in [0.1, 0.15) is 5.82 Å². The summed E-state index contributed by atoms with van der Waals surface area (Å²) in [4.78, 5) is 20.2. The summed E-state index contributed by atoms with van der Waals surface area (Å²) in [5.41, 5.74) is 3.10. The molecule has 11 heteroatoms. The highest BCUT2D eigenvalue weighted by Gasteiger charge is 2.24. The van der Waals surface area contributed by atoms with Crippen LogP contribution in [0.3, 0.4) is 0 Å². The topological polar surface area (TPSA) is 136 Å². The number of nitrogens with zero attached hydrogens (tertiary/aromatic N) is 4. The number of hydrogen-bond acceptors (Lipinski definition) is 8. The Bertz CT molecular complexity index is 1300. The summed E-state index contributed by atoms with van der Waals surface area (Å²) in [5, 5.41) is 17.1. The molecule has 4 heterocycles. The Labute approximate surface area is 204 Å². The fourth-order valence-corrected chi connectivity index (χ4v) is 5.72. The number of aryl methyl sites for hydroxylation is 3. The van der Waals surface area contributed by atoms with E-state index in [4.69, 9.17) is 4.74 Å². The van der Waals surface area contributed by atoms with E-state index in [-0.39, 0.29) is 30.0 Å². The summed E-state index contributed by atoms with van der Waals surface area (Å²) in [6.07, 6.45) is 4.03. The van der Waals surface area contributed by atoms with Crippen LogP contribution in [0.25, 0.3) is 0 Å². The standard InChI is InChI=1S/C24H29N5O5S/c1-29-22(35(32,33)11-9-19-7-5-16-4-3-10-25-24(16)27-19)14-20(28-29)12-18(13-23(30)31)17-6-8-21(34-2)26-15-17/h5-8,14-15,18H,3-4,9-13H2,1-2H3,(H,25,27)(H,30,31). The molecule has 4 rings (SSSR count). The van der Waals surface area contributed by atoms with E-state index in [1.807, 2.05) is 12.1 Å². The van der Waals surface area contributed by atoms with E-state index in [1.165, 1.54) is 17.9 Å². The van der Waals surface area contributed by atoms with Crippen molar-refractivity contribution in [2.75, 3.05) is 24.7 Å². The highest BCUT2D eigenvalue weighted by molar-refractivity contribution is 7.91. The first-order valence-corrected chi connectivity index (χ1v) is 13.1. The number of ether oxygens (including phenoxy) is 1. The molecule has 0 radical (unpaired) electrons. The fraction of sp³-hybridized carbons (Fsp3) is 0.417. The molecule has 1 atom stereocenters. The van der Waals surface area contributed by atoms with Gasteiger partial charge in [0.25, 0.3) is 0 Å². The van der Waals surface area contributed by atoms with E-state index in [2.05, 4.69) is 20.4 Å². The molecular weight excluding hydrogens is 470 g/mol. The van der Waals surface area contributed by atoms with E-state index >= 15 is 0 Å². The lowest BCUT2D eigenvalue weighted by atomic mass is 9.92. The number of aromatic nitrogens is 4. The van der Waals surface area contributed by atoms with Crippen molar-refractivity contribution in [3.05, 3.63) is 59.0 Å². The van der Waals surface area contributed by atoms with E-state index in [0.29, 0.717) is 11.6 Å². The number of anilines is 1.